The molecule has 4 heteroatoms. The van der Waals surface area contributed by atoms with Gasteiger partial charge < -0.3 is 14.5 Å². The standard InChI is InChI=1S/C26H17BO3/c28-27(29)23-10-4-8-20-18(7-3-9-21(20)23)17-12-13-24-22(15-17)26-19-6-2-1-5-16(19)11-14-25(26)30-24/h1-15,28-29H. The summed E-state index contributed by atoms with van der Waals surface area (Å²) in [6.07, 6.45) is 0. The zero-order valence-electron chi connectivity index (χ0n) is 16.0. The molecule has 1 aromatic heterocycles. The predicted octanol–water partition coefficient (Wildman–Crippen LogP) is 5.24. The highest BCUT2D eigenvalue weighted by molar-refractivity contribution is 6.62. The maximum absolute atomic E-state index is 9.76. The van der Waals surface area contributed by atoms with Gasteiger partial charge in [-0.15, -0.1) is 0 Å². The third-order valence-electron chi connectivity index (χ3n) is 5.90. The van der Waals surface area contributed by atoms with Crippen LogP contribution < -0.4 is 5.46 Å². The van der Waals surface area contributed by atoms with E-state index in [0.717, 1.165) is 43.8 Å². The molecule has 1 heterocycles. The van der Waals surface area contributed by atoms with Crippen LogP contribution in [0.5, 0.6) is 0 Å². The average Bonchev–Trinajstić information content (AvgIpc) is 3.16. The molecule has 0 fully saturated rings. The number of fused-ring (bicyclic) bond motifs is 6. The van der Waals surface area contributed by atoms with Crippen LogP contribution >= 0.6 is 0 Å². The molecule has 6 rings (SSSR count). The summed E-state index contributed by atoms with van der Waals surface area (Å²) in [4.78, 5) is 0. The van der Waals surface area contributed by atoms with E-state index < -0.39 is 7.12 Å². The number of furan rings is 1. The zero-order valence-corrected chi connectivity index (χ0v) is 16.0. The van der Waals surface area contributed by atoms with Gasteiger partial charge in [0.25, 0.3) is 0 Å². The van der Waals surface area contributed by atoms with E-state index in [1.165, 1.54) is 10.8 Å². The first kappa shape index (κ1) is 17.3. The van der Waals surface area contributed by atoms with E-state index in [2.05, 4.69) is 42.5 Å². The lowest BCUT2D eigenvalue weighted by Crippen LogP contribution is -2.30. The van der Waals surface area contributed by atoms with Crippen molar-refractivity contribution in [3.8, 4) is 11.1 Å². The maximum Gasteiger partial charge on any atom is 0.489 e. The van der Waals surface area contributed by atoms with Crippen LogP contribution in [0.15, 0.2) is 95.4 Å². The van der Waals surface area contributed by atoms with Gasteiger partial charge in [-0.3, -0.25) is 0 Å². The Bertz CT molecular complexity index is 1580. The molecule has 3 nitrogen and oxygen atoms in total. The smallest absolute Gasteiger partial charge is 0.456 e. The third-order valence-corrected chi connectivity index (χ3v) is 5.90. The van der Waals surface area contributed by atoms with Gasteiger partial charge in [0.1, 0.15) is 11.2 Å². The number of hydrogen-bond acceptors (Lipinski definition) is 3. The molecule has 0 aliphatic rings. The monoisotopic (exact) mass is 388 g/mol. The zero-order chi connectivity index (χ0) is 20.2. The molecule has 6 aromatic rings. The molecule has 2 N–H and O–H groups in total. The molecule has 0 aliphatic heterocycles. The van der Waals surface area contributed by atoms with Crippen molar-refractivity contribution in [3.05, 3.63) is 91.0 Å². The topological polar surface area (TPSA) is 53.6 Å². The second kappa shape index (κ2) is 6.46. The first-order chi connectivity index (χ1) is 14.7. The summed E-state index contributed by atoms with van der Waals surface area (Å²) in [5.74, 6) is 0. The van der Waals surface area contributed by atoms with Gasteiger partial charge in [-0.2, -0.15) is 0 Å². The lowest BCUT2D eigenvalue weighted by Gasteiger charge is -2.10. The molecule has 0 saturated heterocycles. The molecule has 0 atom stereocenters. The number of rotatable bonds is 2. The second-order valence-electron chi connectivity index (χ2n) is 7.59. The van der Waals surface area contributed by atoms with Crippen molar-refractivity contribution in [3.63, 3.8) is 0 Å². The van der Waals surface area contributed by atoms with Crippen molar-refractivity contribution in [2.45, 2.75) is 0 Å². The lowest BCUT2D eigenvalue weighted by atomic mass is 9.76. The van der Waals surface area contributed by atoms with Crippen LogP contribution in [0, 0.1) is 0 Å². The molecule has 0 radical (unpaired) electrons. The Balaban J connectivity index is 1.67. The Morgan fingerprint density at radius 2 is 1.37 bits per heavy atom. The van der Waals surface area contributed by atoms with E-state index in [1.807, 2.05) is 42.5 Å². The van der Waals surface area contributed by atoms with Gasteiger partial charge in [-0.1, -0.05) is 72.8 Å². The van der Waals surface area contributed by atoms with E-state index in [-0.39, 0.29) is 0 Å². The molecule has 142 valence electrons. The SMILES string of the molecule is OB(O)c1cccc2c(-c3ccc4oc5ccc6ccccc6c5c4c3)cccc12. The van der Waals surface area contributed by atoms with E-state index >= 15 is 0 Å². The highest BCUT2D eigenvalue weighted by atomic mass is 16.4. The molecular weight excluding hydrogens is 371 g/mol. The minimum atomic E-state index is -1.50. The minimum absolute atomic E-state index is 0.509. The Kier molecular flexibility index (Phi) is 3.72. The van der Waals surface area contributed by atoms with Gasteiger partial charge in [0, 0.05) is 10.8 Å². The van der Waals surface area contributed by atoms with E-state index in [1.54, 1.807) is 6.07 Å². The fraction of sp³-hybridized carbons (Fsp3) is 0. The van der Waals surface area contributed by atoms with Crippen LogP contribution in [0.3, 0.4) is 0 Å². The minimum Gasteiger partial charge on any atom is -0.456 e. The summed E-state index contributed by atoms with van der Waals surface area (Å²) in [5.41, 5.74) is 4.36. The predicted molar refractivity (Wildman–Crippen MR) is 124 cm³/mol. The van der Waals surface area contributed by atoms with Crippen molar-refractivity contribution in [1.82, 2.24) is 0 Å². The van der Waals surface area contributed by atoms with Crippen molar-refractivity contribution >= 4 is 56.1 Å². The molecule has 30 heavy (non-hydrogen) atoms. The molecular formula is C26H17BO3. The summed E-state index contributed by atoms with van der Waals surface area (Å²) < 4.78 is 6.12. The quantitative estimate of drug-likeness (QED) is 0.399. The molecule has 0 saturated carbocycles. The highest BCUT2D eigenvalue weighted by Crippen LogP contribution is 2.37. The first-order valence-corrected chi connectivity index (χ1v) is 9.93. The average molecular weight is 388 g/mol. The Hall–Kier alpha value is -3.60. The van der Waals surface area contributed by atoms with E-state index in [0.29, 0.717) is 5.46 Å². The van der Waals surface area contributed by atoms with Crippen molar-refractivity contribution in [2.75, 3.05) is 0 Å². The fourth-order valence-electron chi connectivity index (χ4n) is 4.53. The highest BCUT2D eigenvalue weighted by Gasteiger charge is 2.17. The molecule has 0 aliphatic carbocycles. The summed E-state index contributed by atoms with van der Waals surface area (Å²) in [5, 5.41) is 25.9. The third kappa shape index (κ3) is 2.48. The summed E-state index contributed by atoms with van der Waals surface area (Å²) in [6.45, 7) is 0. The van der Waals surface area contributed by atoms with Gasteiger partial charge in [0.05, 0.1) is 0 Å². The summed E-state index contributed by atoms with van der Waals surface area (Å²) in [7, 11) is -1.50. The Morgan fingerprint density at radius 1 is 0.600 bits per heavy atom. The Labute approximate surface area is 172 Å². The van der Waals surface area contributed by atoms with E-state index in [4.69, 9.17) is 4.42 Å². The Morgan fingerprint density at radius 3 is 2.27 bits per heavy atom. The molecule has 0 bridgehead atoms. The summed E-state index contributed by atoms with van der Waals surface area (Å²) in [6, 6.07) is 30.3. The van der Waals surface area contributed by atoms with Crippen molar-refractivity contribution < 1.29 is 14.5 Å². The van der Waals surface area contributed by atoms with E-state index in [9.17, 15) is 10.0 Å². The van der Waals surface area contributed by atoms with Crippen LogP contribution in [0.2, 0.25) is 0 Å². The second-order valence-corrected chi connectivity index (χ2v) is 7.59. The maximum atomic E-state index is 9.76. The van der Waals surface area contributed by atoms with Gasteiger partial charge >= 0.3 is 7.12 Å². The van der Waals surface area contributed by atoms with Crippen LogP contribution in [-0.2, 0) is 0 Å². The van der Waals surface area contributed by atoms with Crippen LogP contribution in [0.25, 0.3) is 54.6 Å². The molecule has 0 amide bonds. The molecule has 0 unspecified atom stereocenters. The molecule has 5 aromatic carbocycles. The number of benzene rings is 5. The lowest BCUT2D eigenvalue weighted by molar-refractivity contribution is 0.426. The van der Waals surface area contributed by atoms with Crippen LogP contribution in [0.1, 0.15) is 0 Å². The van der Waals surface area contributed by atoms with Gasteiger partial charge in [-0.25, -0.2) is 0 Å². The molecule has 0 spiro atoms. The van der Waals surface area contributed by atoms with Gasteiger partial charge in [-0.05, 0) is 56.3 Å². The number of hydrogen-bond donors (Lipinski definition) is 2. The van der Waals surface area contributed by atoms with Crippen LogP contribution in [0.4, 0.5) is 0 Å². The van der Waals surface area contributed by atoms with Gasteiger partial charge in [0.2, 0.25) is 0 Å². The fourth-order valence-corrected chi connectivity index (χ4v) is 4.53. The largest absolute Gasteiger partial charge is 0.489 e. The van der Waals surface area contributed by atoms with Crippen molar-refractivity contribution in [2.24, 2.45) is 0 Å². The normalized spacial score (nSPS) is 11.7. The van der Waals surface area contributed by atoms with Gasteiger partial charge in [0.15, 0.2) is 0 Å². The van der Waals surface area contributed by atoms with Crippen LogP contribution in [-0.4, -0.2) is 17.2 Å². The first-order valence-electron chi connectivity index (χ1n) is 9.93. The van der Waals surface area contributed by atoms with Crippen molar-refractivity contribution in [1.29, 1.82) is 0 Å². The summed E-state index contributed by atoms with van der Waals surface area (Å²) >= 11 is 0.